The van der Waals surface area contributed by atoms with E-state index in [1.165, 1.54) is 15.4 Å². The summed E-state index contributed by atoms with van der Waals surface area (Å²) in [6.45, 7) is 6.26. The van der Waals surface area contributed by atoms with Gasteiger partial charge in [0.05, 0.1) is 17.4 Å². The molecule has 1 fully saturated rings. The van der Waals surface area contributed by atoms with E-state index < -0.39 is 10.0 Å². The first-order valence-corrected chi connectivity index (χ1v) is 12.4. The second-order valence-electron chi connectivity index (χ2n) is 8.34. The summed E-state index contributed by atoms with van der Waals surface area (Å²) in [4.78, 5) is 15.4. The van der Waals surface area contributed by atoms with Crippen LogP contribution in [-0.4, -0.2) is 49.8 Å². The van der Waals surface area contributed by atoms with Crippen molar-refractivity contribution in [3.8, 4) is 5.75 Å². The highest BCUT2D eigenvalue weighted by atomic mass is 32.2. The van der Waals surface area contributed by atoms with Crippen LogP contribution in [0.2, 0.25) is 0 Å². The quantitative estimate of drug-likeness (QED) is 0.712. The molecule has 1 saturated heterocycles. The Morgan fingerprint density at radius 2 is 1.90 bits per heavy atom. The topological polar surface area (TPSA) is 66.9 Å². The molecule has 0 spiro atoms. The highest BCUT2D eigenvalue weighted by Crippen LogP contribution is 2.29. The number of sulfonamides is 1. The van der Waals surface area contributed by atoms with Crippen molar-refractivity contribution in [3.05, 3.63) is 59.2 Å². The number of hydrogen-bond donors (Lipinski definition) is 0. The van der Waals surface area contributed by atoms with Crippen LogP contribution in [-0.2, 0) is 27.8 Å². The lowest BCUT2D eigenvalue weighted by molar-refractivity contribution is -0.137. The second kappa shape index (κ2) is 9.01. The lowest BCUT2D eigenvalue weighted by Gasteiger charge is -2.36. The van der Waals surface area contributed by atoms with E-state index in [2.05, 4.69) is 12.1 Å². The Morgan fingerprint density at radius 1 is 1.13 bits per heavy atom. The highest BCUT2D eigenvalue weighted by Gasteiger charge is 2.36. The predicted molar refractivity (Wildman–Crippen MR) is 119 cm³/mol. The van der Waals surface area contributed by atoms with E-state index in [9.17, 15) is 13.2 Å². The summed E-state index contributed by atoms with van der Waals surface area (Å²) in [5.41, 5.74) is 3.28. The van der Waals surface area contributed by atoms with Crippen molar-refractivity contribution < 1.29 is 17.9 Å². The molecule has 6 nitrogen and oxygen atoms in total. The number of fused-ring (bicyclic) bond motifs is 1. The summed E-state index contributed by atoms with van der Waals surface area (Å²) in [7, 11) is -3.66. The molecule has 0 aromatic heterocycles. The fourth-order valence-electron chi connectivity index (χ4n) is 4.55. The molecule has 1 amide bonds. The largest absolute Gasteiger partial charge is 0.494 e. The molecule has 166 valence electrons. The van der Waals surface area contributed by atoms with Crippen LogP contribution >= 0.6 is 0 Å². The van der Waals surface area contributed by atoms with E-state index in [1.54, 1.807) is 18.2 Å². The monoisotopic (exact) mass is 442 g/mol. The molecule has 0 N–H and O–H groups in total. The molecule has 2 aliphatic heterocycles. The Bertz CT molecular complexity index is 1070. The van der Waals surface area contributed by atoms with Crippen LogP contribution in [0.25, 0.3) is 0 Å². The maximum Gasteiger partial charge on any atom is 0.243 e. The summed E-state index contributed by atoms with van der Waals surface area (Å²) < 4.78 is 33.6. The molecule has 1 atom stereocenters. The third-order valence-electron chi connectivity index (χ3n) is 6.26. The number of ether oxygens (including phenoxy) is 1. The molecule has 2 aromatic carbocycles. The number of carbonyl (C=O) groups excluding carboxylic acids is 1. The lowest BCUT2D eigenvalue weighted by atomic mass is 9.95. The van der Waals surface area contributed by atoms with Crippen LogP contribution in [0, 0.1) is 12.8 Å². The van der Waals surface area contributed by atoms with E-state index in [-0.39, 0.29) is 23.3 Å². The number of hydrogen-bond acceptors (Lipinski definition) is 4. The maximum atomic E-state index is 13.3. The molecule has 0 radical (unpaired) electrons. The number of amides is 1. The van der Waals surface area contributed by atoms with E-state index >= 15 is 0 Å². The predicted octanol–water partition coefficient (Wildman–Crippen LogP) is 3.38. The van der Waals surface area contributed by atoms with Gasteiger partial charge in [-0.3, -0.25) is 4.79 Å². The first-order valence-electron chi connectivity index (χ1n) is 11.0. The van der Waals surface area contributed by atoms with Gasteiger partial charge < -0.3 is 9.64 Å². The van der Waals surface area contributed by atoms with Crippen molar-refractivity contribution >= 4 is 15.9 Å². The van der Waals surface area contributed by atoms with E-state index in [0.717, 1.165) is 18.4 Å². The Morgan fingerprint density at radius 3 is 2.65 bits per heavy atom. The zero-order chi connectivity index (χ0) is 22.0. The van der Waals surface area contributed by atoms with Gasteiger partial charge in [-0.25, -0.2) is 8.42 Å². The Kier molecular flexibility index (Phi) is 6.34. The van der Waals surface area contributed by atoms with Gasteiger partial charge in [-0.1, -0.05) is 24.3 Å². The lowest BCUT2D eigenvalue weighted by Crippen LogP contribution is -2.47. The standard InChI is InChI=1S/C24H30N2O4S/c1-3-30-23-11-10-22(15-18(23)2)31(28,29)26-13-6-9-21(17-26)24(27)25-14-12-19-7-4-5-8-20(19)16-25/h4-5,7-8,10-11,15,21H,3,6,9,12-14,16-17H2,1-2H3/t21-/m0/s1. The molecule has 0 saturated carbocycles. The third kappa shape index (κ3) is 4.48. The van der Waals surface area contributed by atoms with Gasteiger partial charge in [0.2, 0.25) is 15.9 Å². The minimum Gasteiger partial charge on any atom is -0.494 e. The molecule has 31 heavy (non-hydrogen) atoms. The zero-order valence-corrected chi connectivity index (χ0v) is 19.0. The van der Waals surface area contributed by atoms with Gasteiger partial charge in [0.15, 0.2) is 0 Å². The number of rotatable bonds is 5. The van der Waals surface area contributed by atoms with Crippen molar-refractivity contribution in [1.82, 2.24) is 9.21 Å². The zero-order valence-electron chi connectivity index (χ0n) is 18.2. The van der Waals surface area contributed by atoms with Crippen molar-refractivity contribution in [2.75, 3.05) is 26.2 Å². The normalized spacial score (nSPS) is 19.7. The van der Waals surface area contributed by atoms with Gasteiger partial charge in [-0.15, -0.1) is 0 Å². The molecular weight excluding hydrogens is 412 g/mol. The van der Waals surface area contributed by atoms with Crippen LogP contribution in [0.15, 0.2) is 47.4 Å². The van der Waals surface area contributed by atoms with Crippen molar-refractivity contribution in [2.24, 2.45) is 5.92 Å². The number of nitrogens with zero attached hydrogens (tertiary/aromatic N) is 2. The molecule has 2 heterocycles. The van der Waals surface area contributed by atoms with Crippen LogP contribution in [0.4, 0.5) is 0 Å². The molecular formula is C24H30N2O4S. The average molecular weight is 443 g/mol. The number of benzene rings is 2. The molecule has 0 unspecified atom stereocenters. The summed E-state index contributed by atoms with van der Waals surface area (Å²) in [6, 6.07) is 13.2. The van der Waals surface area contributed by atoms with Gasteiger partial charge >= 0.3 is 0 Å². The fraction of sp³-hybridized carbons (Fsp3) is 0.458. The molecule has 0 aliphatic carbocycles. The minimum atomic E-state index is -3.66. The summed E-state index contributed by atoms with van der Waals surface area (Å²) in [5.74, 6) is 0.466. The molecule has 2 aliphatic rings. The first kappa shape index (κ1) is 21.8. The van der Waals surface area contributed by atoms with Crippen molar-refractivity contribution in [2.45, 2.75) is 44.6 Å². The Hall–Kier alpha value is -2.38. The third-order valence-corrected chi connectivity index (χ3v) is 8.12. The summed E-state index contributed by atoms with van der Waals surface area (Å²) in [6.07, 6.45) is 2.27. The average Bonchev–Trinajstić information content (AvgIpc) is 2.79. The summed E-state index contributed by atoms with van der Waals surface area (Å²) >= 11 is 0. The van der Waals surface area contributed by atoms with Gasteiger partial charge in [0.25, 0.3) is 0 Å². The van der Waals surface area contributed by atoms with Crippen LogP contribution in [0.1, 0.15) is 36.5 Å². The second-order valence-corrected chi connectivity index (χ2v) is 10.3. The number of piperidine rings is 1. The molecule has 0 bridgehead atoms. The van der Waals surface area contributed by atoms with Crippen LogP contribution in [0.3, 0.4) is 0 Å². The smallest absolute Gasteiger partial charge is 0.243 e. The maximum absolute atomic E-state index is 13.3. The fourth-order valence-corrected chi connectivity index (χ4v) is 6.16. The van der Waals surface area contributed by atoms with E-state index in [4.69, 9.17) is 4.74 Å². The Labute approximate surface area is 184 Å². The first-order chi connectivity index (χ1) is 14.9. The van der Waals surface area contributed by atoms with E-state index in [1.807, 2.05) is 30.9 Å². The van der Waals surface area contributed by atoms with Crippen molar-refractivity contribution in [1.29, 1.82) is 0 Å². The number of carbonyl (C=O) groups is 1. The van der Waals surface area contributed by atoms with E-state index in [0.29, 0.717) is 38.4 Å². The Balaban J connectivity index is 1.48. The summed E-state index contributed by atoms with van der Waals surface area (Å²) in [5, 5.41) is 0. The SMILES string of the molecule is CCOc1ccc(S(=O)(=O)N2CCC[C@H](C(=O)N3CCc4ccccc4C3)C2)cc1C. The van der Waals surface area contributed by atoms with Crippen LogP contribution in [0.5, 0.6) is 5.75 Å². The molecule has 2 aromatic rings. The van der Waals surface area contributed by atoms with Gasteiger partial charge in [0, 0.05) is 26.2 Å². The van der Waals surface area contributed by atoms with Gasteiger partial charge in [0.1, 0.15) is 5.75 Å². The van der Waals surface area contributed by atoms with Gasteiger partial charge in [-0.05, 0) is 68.0 Å². The molecule has 4 rings (SSSR count). The van der Waals surface area contributed by atoms with Crippen LogP contribution < -0.4 is 4.74 Å². The number of aryl methyl sites for hydroxylation is 1. The highest BCUT2D eigenvalue weighted by molar-refractivity contribution is 7.89. The molecule has 7 heteroatoms. The van der Waals surface area contributed by atoms with Gasteiger partial charge in [-0.2, -0.15) is 4.31 Å². The minimum absolute atomic E-state index is 0.0669. The van der Waals surface area contributed by atoms with Crippen molar-refractivity contribution in [3.63, 3.8) is 0 Å².